The number of aliphatic imine (C=N–C) groups is 1. The topological polar surface area (TPSA) is 45.7 Å². The number of rotatable bonds is 10. The van der Waals surface area contributed by atoms with Crippen LogP contribution in [-0.2, 0) is 4.74 Å². The Kier molecular flexibility index (Phi) is 17.1. The highest BCUT2D eigenvalue weighted by atomic mass is 127. The molecule has 0 heterocycles. The van der Waals surface area contributed by atoms with Gasteiger partial charge in [-0.1, -0.05) is 13.8 Å². The average molecular weight is 399 g/mol. The maximum Gasteiger partial charge on any atom is 0.191 e. The van der Waals surface area contributed by atoms with Gasteiger partial charge in [-0.2, -0.15) is 0 Å². The van der Waals surface area contributed by atoms with E-state index in [0.29, 0.717) is 6.10 Å². The van der Waals surface area contributed by atoms with Gasteiger partial charge >= 0.3 is 0 Å². The maximum atomic E-state index is 5.50. The Morgan fingerprint density at radius 1 is 1.10 bits per heavy atom. The molecule has 0 aliphatic rings. The maximum absolute atomic E-state index is 5.50. The van der Waals surface area contributed by atoms with Crippen LogP contribution in [0.15, 0.2) is 4.99 Å². The van der Waals surface area contributed by atoms with E-state index < -0.39 is 0 Å². The summed E-state index contributed by atoms with van der Waals surface area (Å²) in [6.07, 6.45) is 3.74. The number of ether oxygens (including phenoxy) is 1. The molecular weight excluding hydrogens is 365 g/mol. The van der Waals surface area contributed by atoms with Gasteiger partial charge in [-0.05, 0) is 46.0 Å². The zero-order chi connectivity index (χ0) is 14.5. The van der Waals surface area contributed by atoms with Crippen molar-refractivity contribution in [3.05, 3.63) is 0 Å². The lowest BCUT2D eigenvalue weighted by atomic mass is 10.1. The van der Waals surface area contributed by atoms with Crippen molar-refractivity contribution in [2.45, 2.75) is 60.0 Å². The number of halogens is 1. The third kappa shape index (κ3) is 16.0. The smallest absolute Gasteiger partial charge is 0.191 e. The van der Waals surface area contributed by atoms with Crippen LogP contribution in [-0.4, -0.2) is 38.3 Å². The molecule has 0 atom stereocenters. The molecule has 20 heavy (non-hydrogen) atoms. The van der Waals surface area contributed by atoms with Crippen molar-refractivity contribution in [3.8, 4) is 0 Å². The van der Waals surface area contributed by atoms with Gasteiger partial charge in [0.1, 0.15) is 0 Å². The molecule has 0 aliphatic heterocycles. The second kappa shape index (κ2) is 15.4. The van der Waals surface area contributed by atoms with Crippen molar-refractivity contribution in [2.24, 2.45) is 10.9 Å². The van der Waals surface area contributed by atoms with Crippen LogP contribution in [0.3, 0.4) is 0 Å². The Bertz CT molecular complexity index is 233. The van der Waals surface area contributed by atoms with Gasteiger partial charge in [0, 0.05) is 26.2 Å². The molecule has 0 radical (unpaired) electrons. The number of guanidine groups is 1. The first-order valence-corrected chi connectivity index (χ1v) is 7.70. The fourth-order valence-corrected chi connectivity index (χ4v) is 1.63. The zero-order valence-corrected chi connectivity index (χ0v) is 16.2. The lowest BCUT2D eigenvalue weighted by molar-refractivity contribution is 0.0782. The van der Waals surface area contributed by atoms with E-state index >= 15 is 0 Å². The molecule has 0 aliphatic carbocycles. The van der Waals surface area contributed by atoms with E-state index in [0.717, 1.165) is 44.5 Å². The van der Waals surface area contributed by atoms with Crippen LogP contribution in [0.25, 0.3) is 0 Å². The van der Waals surface area contributed by atoms with Crippen LogP contribution >= 0.6 is 24.0 Å². The first-order chi connectivity index (χ1) is 9.06. The molecule has 0 aromatic rings. The summed E-state index contributed by atoms with van der Waals surface area (Å²) in [5.41, 5.74) is 0. The summed E-state index contributed by atoms with van der Waals surface area (Å²) in [6.45, 7) is 14.2. The van der Waals surface area contributed by atoms with E-state index in [1.807, 2.05) is 0 Å². The Morgan fingerprint density at radius 3 is 2.35 bits per heavy atom. The van der Waals surface area contributed by atoms with Gasteiger partial charge in [-0.25, -0.2) is 0 Å². The lowest BCUT2D eigenvalue weighted by Gasteiger charge is -2.12. The van der Waals surface area contributed by atoms with E-state index in [1.165, 1.54) is 12.8 Å². The SMILES string of the molecule is CCNC(=NCCCOC(C)C)NCCCC(C)C.I. The predicted octanol–water partition coefficient (Wildman–Crippen LogP) is 3.41. The molecule has 2 N–H and O–H groups in total. The standard InChI is InChI=1S/C15H33N3O.HI/c1-6-16-15(17-10-7-9-13(2)3)18-11-8-12-19-14(4)5;/h13-14H,6-12H2,1-5H3,(H2,16,17,18);1H. The molecule has 0 unspecified atom stereocenters. The van der Waals surface area contributed by atoms with E-state index in [9.17, 15) is 0 Å². The van der Waals surface area contributed by atoms with Gasteiger partial charge in [0.15, 0.2) is 5.96 Å². The monoisotopic (exact) mass is 399 g/mol. The van der Waals surface area contributed by atoms with Gasteiger partial charge < -0.3 is 15.4 Å². The van der Waals surface area contributed by atoms with Crippen LogP contribution in [0.5, 0.6) is 0 Å². The van der Waals surface area contributed by atoms with Crippen LogP contribution < -0.4 is 10.6 Å². The Balaban J connectivity index is 0. The van der Waals surface area contributed by atoms with Crippen molar-refractivity contribution < 1.29 is 4.74 Å². The second-order valence-electron chi connectivity index (χ2n) is 5.50. The van der Waals surface area contributed by atoms with Gasteiger partial charge in [-0.15, -0.1) is 24.0 Å². The molecule has 0 bridgehead atoms. The number of hydrogen-bond donors (Lipinski definition) is 2. The van der Waals surface area contributed by atoms with Gasteiger partial charge in [0.05, 0.1) is 6.10 Å². The first kappa shape index (κ1) is 22.2. The van der Waals surface area contributed by atoms with E-state index in [1.54, 1.807) is 0 Å². The van der Waals surface area contributed by atoms with Crippen LogP contribution in [0.1, 0.15) is 53.9 Å². The van der Waals surface area contributed by atoms with Crippen molar-refractivity contribution in [1.29, 1.82) is 0 Å². The van der Waals surface area contributed by atoms with Gasteiger partial charge in [0.2, 0.25) is 0 Å². The predicted molar refractivity (Wildman–Crippen MR) is 99.2 cm³/mol. The normalized spacial score (nSPS) is 11.7. The first-order valence-electron chi connectivity index (χ1n) is 7.70. The fraction of sp³-hybridized carbons (Fsp3) is 0.933. The second-order valence-corrected chi connectivity index (χ2v) is 5.50. The number of nitrogens with zero attached hydrogens (tertiary/aromatic N) is 1. The summed E-state index contributed by atoms with van der Waals surface area (Å²) in [6, 6.07) is 0. The van der Waals surface area contributed by atoms with Crippen molar-refractivity contribution in [2.75, 3.05) is 26.2 Å². The molecule has 0 spiro atoms. The summed E-state index contributed by atoms with van der Waals surface area (Å²) in [5.74, 6) is 1.70. The highest BCUT2D eigenvalue weighted by Gasteiger charge is 1.98. The van der Waals surface area contributed by atoms with Gasteiger partial charge in [-0.3, -0.25) is 4.99 Å². The van der Waals surface area contributed by atoms with E-state index in [4.69, 9.17) is 4.74 Å². The van der Waals surface area contributed by atoms with Crippen molar-refractivity contribution in [3.63, 3.8) is 0 Å². The molecular formula is C15H34IN3O. The van der Waals surface area contributed by atoms with E-state index in [-0.39, 0.29) is 24.0 Å². The minimum Gasteiger partial charge on any atom is -0.379 e. The van der Waals surface area contributed by atoms with Crippen LogP contribution in [0.4, 0.5) is 0 Å². The van der Waals surface area contributed by atoms with Crippen molar-refractivity contribution in [1.82, 2.24) is 10.6 Å². The molecule has 0 aromatic carbocycles. The van der Waals surface area contributed by atoms with E-state index in [2.05, 4.69) is 50.2 Å². The number of hydrogen-bond acceptors (Lipinski definition) is 2. The molecule has 0 rings (SSSR count). The Hall–Kier alpha value is -0.0400. The quantitative estimate of drug-likeness (QED) is 0.256. The molecule has 0 amide bonds. The minimum absolute atomic E-state index is 0. The molecule has 122 valence electrons. The summed E-state index contributed by atoms with van der Waals surface area (Å²) in [5, 5.41) is 6.64. The fourth-order valence-electron chi connectivity index (χ4n) is 1.63. The zero-order valence-electron chi connectivity index (χ0n) is 13.9. The van der Waals surface area contributed by atoms with Crippen LogP contribution in [0, 0.1) is 5.92 Å². The molecule has 5 heteroatoms. The molecule has 0 saturated carbocycles. The molecule has 0 saturated heterocycles. The van der Waals surface area contributed by atoms with Gasteiger partial charge in [0.25, 0.3) is 0 Å². The highest BCUT2D eigenvalue weighted by molar-refractivity contribution is 14.0. The summed E-state index contributed by atoms with van der Waals surface area (Å²) >= 11 is 0. The Labute approximate surface area is 142 Å². The highest BCUT2D eigenvalue weighted by Crippen LogP contribution is 2.01. The van der Waals surface area contributed by atoms with Crippen molar-refractivity contribution >= 4 is 29.9 Å². The summed E-state index contributed by atoms with van der Waals surface area (Å²) < 4.78 is 5.50. The third-order valence-corrected chi connectivity index (χ3v) is 2.62. The molecule has 4 nitrogen and oxygen atoms in total. The average Bonchev–Trinajstić information content (AvgIpc) is 2.33. The molecule has 0 aromatic heterocycles. The Morgan fingerprint density at radius 2 is 1.80 bits per heavy atom. The third-order valence-electron chi connectivity index (χ3n) is 2.62. The molecule has 0 fully saturated rings. The summed E-state index contributed by atoms with van der Waals surface area (Å²) in [7, 11) is 0. The van der Waals surface area contributed by atoms with Crippen LogP contribution in [0.2, 0.25) is 0 Å². The number of nitrogens with one attached hydrogen (secondary N) is 2. The minimum atomic E-state index is 0. The largest absolute Gasteiger partial charge is 0.379 e. The summed E-state index contributed by atoms with van der Waals surface area (Å²) in [4.78, 5) is 4.54. The lowest BCUT2D eigenvalue weighted by Crippen LogP contribution is -2.38.